The molecule has 0 heteroatoms. The summed E-state index contributed by atoms with van der Waals surface area (Å²) in [6.07, 6.45) is 5.76. The third-order valence-corrected chi connectivity index (χ3v) is 1.50. The van der Waals surface area contributed by atoms with Gasteiger partial charge in [0.25, 0.3) is 0 Å². The minimum Gasteiger partial charge on any atom is -0.100 e. The SMILES string of the molecule is C=C(C)CC/C(C)=C/CC. The summed E-state index contributed by atoms with van der Waals surface area (Å²) >= 11 is 0. The van der Waals surface area contributed by atoms with E-state index in [1.807, 2.05) is 0 Å². The Morgan fingerprint density at radius 1 is 1.30 bits per heavy atom. The second-order valence-electron chi connectivity index (χ2n) is 2.92. The van der Waals surface area contributed by atoms with Gasteiger partial charge in [-0.1, -0.05) is 24.1 Å². The van der Waals surface area contributed by atoms with E-state index in [0.717, 1.165) is 12.8 Å². The number of rotatable bonds is 4. The van der Waals surface area contributed by atoms with Gasteiger partial charge in [-0.25, -0.2) is 0 Å². The smallest absolute Gasteiger partial charge is 0.0286 e. The highest BCUT2D eigenvalue weighted by Gasteiger charge is 1.88. The molecule has 0 aromatic carbocycles. The molecule has 0 aromatic rings. The Bertz CT molecular complexity index is 129. The largest absolute Gasteiger partial charge is 0.100 e. The lowest BCUT2D eigenvalue weighted by Crippen LogP contribution is -1.78. The van der Waals surface area contributed by atoms with Gasteiger partial charge in [-0.15, -0.1) is 6.58 Å². The molecule has 0 bridgehead atoms. The highest BCUT2D eigenvalue weighted by atomic mass is 13.9. The monoisotopic (exact) mass is 138 g/mol. The van der Waals surface area contributed by atoms with Gasteiger partial charge in [0.2, 0.25) is 0 Å². The van der Waals surface area contributed by atoms with Crippen LogP contribution in [-0.2, 0) is 0 Å². The van der Waals surface area contributed by atoms with E-state index in [1.54, 1.807) is 0 Å². The van der Waals surface area contributed by atoms with E-state index >= 15 is 0 Å². The Morgan fingerprint density at radius 2 is 1.90 bits per heavy atom. The standard InChI is InChI=1S/C10H18/c1-5-6-10(4)8-7-9(2)3/h6H,2,5,7-8H2,1,3-4H3/b10-6+. The summed E-state index contributed by atoms with van der Waals surface area (Å²) in [5.41, 5.74) is 2.77. The summed E-state index contributed by atoms with van der Waals surface area (Å²) in [6.45, 7) is 10.3. The van der Waals surface area contributed by atoms with E-state index in [4.69, 9.17) is 0 Å². The van der Waals surface area contributed by atoms with E-state index in [-0.39, 0.29) is 0 Å². The zero-order chi connectivity index (χ0) is 7.98. The lowest BCUT2D eigenvalue weighted by Gasteiger charge is -1.99. The van der Waals surface area contributed by atoms with Gasteiger partial charge < -0.3 is 0 Å². The molecule has 0 atom stereocenters. The van der Waals surface area contributed by atoms with Crippen LogP contribution in [-0.4, -0.2) is 0 Å². The van der Waals surface area contributed by atoms with Crippen LogP contribution in [0, 0.1) is 0 Å². The second kappa shape index (κ2) is 5.28. The third-order valence-electron chi connectivity index (χ3n) is 1.50. The van der Waals surface area contributed by atoms with E-state index < -0.39 is 0 Å². The Balaban J connectivity index is 3.48. The van der Waals surface area contributed by atoms with Crippen LogP contribution in [0.2, 0.25) is 0 Å². The minimum atomic E-state index is 1.14. The van der Waals surface area contributed by atoms with Crippen molar-refractivity contribution in [3.8, 4) is 0 Å². The molecule has 0 rings (SSSR count). The molecular weight excluding hydrogens is 120 g/mol. The fourth-order valence-corrected chi connectivity index (χ4v) is 0.861. The first-order valence-corrected chi connectivity index (χ1v) is 3.96. The lowest BCUT2D eigenvalue weighted by atomic mass is 10.1. The zero-order valence-electron chi connectivity index (χ0n) is 7.41. The molecule has 0 aliphatic heterocycles. The van der Waals surface area contributed by atoms with Gasteiger partial charge in [-0.2, -0.15) is 0 Å². The maximum absolute atomic E-state index is 3.86. The molecule has 58 valence electrons. The minimum absolute atomic E-state index is 1.14. The molecule has 10 heavy (non-hydrogen) atoms. The number of hydrogen-bond donors (Lipinski definition) is 0. The van der Waals surface area contributed by atoms with Gasteiger partial charge in [0.1, 0.15) is 0 Å². The van der Waals surface area contributed by atoms with Gasteiger partial charge in [0.05, 0.1) is 0 Å². The fourth-order valence-electron chi connectivity index (χ4n) is 0.861. The quantitative estimate of drug-likeness (QED) is 0.520. The molecule has 0 spiro atoms. The summed E-state index contributed by atoms with van der Waals surface area (Å²) < 4.78 is 0. The van der Waals surface area contributed by atoms with Gasteiger partial charge in [0.15, 0.2) is 0 Å². The Labute approximate surface area is 64.6 Å². The van der Waals surface area contributed by atoms with Crippen molar-refractivity contribution in [1.82, 2.24) is 0 Å². The van der Waals surface area contributed by atoms with Gasteiger partial charge in [-0.05, 0) is 33.1 Å². The van der Waals surface area contributed by atoms with Crippen molar-refractivity contribution < 1.29 is 0 Å². The first-order chi connectivity index (χ1) is 4.66. The van der Waals surface area contributed by atoms with Crippen LogP contribution >= 0.6 is 0 Å². The molecule has 0 radical (unpaired) electrons. The number of allylic oxidation sites excluding steroid dienone is 3. The predicted octanol–water partition coefficient (Wildman–Crippen LogP) is 3.70. The molecule has 0 unspecified atom stereocenters. The van der Waals surface area contributed by atoms with E-state index in [1.165, 1.54) is 17.6 Å². The van der Waals surface area contributed by atoms with Gasteiger partial charge in [-0.3, -0.25) is 0 Å². The van der Waals surface area contributed by atoms with Crippen LogP contribution in [0.1, 0.15) is 40.0 Å². The molecule has 0 heterocycles. The number of hydrogen-bond acceptors (Lipinski definition) is 0. The average molecular weight is 138 g/mol. The fraction of sp³-hybridized carbons (Fsp3) is 0.600. The predicted molar refractivity (Wildman–Crippen MR) is 48.1 cm³/mol. The molecule has 0 saturated carbocycles. The first-order valence-electron chi connectivity index (χ1n) is 3.96. The first kappa shape index (κ1) is 9.48. The van der Waals surface area contributed by atoms with Gasteiger partial charge >= 0.3 is 0 Å². The maximum atomic E-state index is 3.86. The average Bonchev–Trinajstić information content (AvgIpc) is 1.85. The zero-order valence-corrected chi connectivity index (χ0v) is 7.41. The van der Waals surface area contributed by atoms with Crippen LogP contribution in [0.15, 0.2) is 23.8 Å². The summed E-state index contributed by atoms with van der Waals surface area (Å²) in [4.78, 5) is 0. The molecule has 0 aliphatic rings. The lowest BCUT2D eigenvalue weighted by molar-refractivity contribution is 0.917. The summed E-state index contributed by atoms with van der Waals surface area (Å²) in [5.74, 6) is 0. The van der Waals surface area contributed by atoms with Crippen molar-refractivity contribution in [3.63, 3.8) is 0 Å². The highest BCUT2D eigenvalue weighted by Crippen LogP contribution is 2.09. The van der Waals surface area contributed by atoms with E-state index in [0.29, 0.717) is 0 Å². The van der Waals surface area contributed by atoms with Crippen molar-refractivity contribution in [2.75, 3.05) is 0 Å². The van der Waals surface area contributed by atoms with Crippen molar-refractivity contribution >= 4 is 0 Å². The Hall–Kier alpha value is -0.520. The van der Waals surface area contributed by atoms with Crippen LogP contribution < -0.4 is 0 Å². The third kappa shape index (κ3) is 5.61. The molecule has 0 nitrogen and oxygen atoms in total. The normalized spacial score (nSPS) is 11.7. The topological polar surface area (TPSA) is 0 Å². The Morgan fingerprint density at radius 3 is 2.30 bits per heavy atom. The van der Waals surface area contributed by atoms with Crippen molar-refractivity contribution in [1.29, 1.82) is 0 Å². The summed E-state index contributed by atoms with van der Waals surface area (Å²) in [6, 6.07) is 0. The van der Waals surface area contributed by atoms with Crippen molar-refractivity contribution in [2.45, 2.75) is 40.0 Å². The van der Waals surface area contributed by atoms with Crippen molar-refractivity contribution in [3.05, 3.63) is 23.8 Å². The Kier molecular flexibility index (Phi) is 5.00. The molecule has 0 fully saturated rings. The van der Waals surface area contributed by atoms with Crippen LogP contribution in [0.5, 0.6) is 0 Å². The van der Waals surface area contributed by atoms with Gasteiger partial charge in [0, 0.05) is 0 Å². The van der Waals surface area contributed by atoms with Crippen LogP contribution in [0.3, 0.4) is 0 Å². The highest BCUT2D eigenvalue weighted by molar-refractivity contribution is 5.01. The van der Waals surface area contributed by atoms with Crippen molar-refractivity contribution in [2.24, 2.45) is 0 Å². The van der Waals surface area contributed by atoms with E-state index in [9.17, 15) is 0 Å². The summed E-state index contributed by atoms with van der Waals surface area (Å²) in [7, 11) is 0. The summed E-state index contributed by atoms with van der Waals surface area (Å²) in [5, 5.41) is 0. The molecule has 0 amide bonds. The molecule has 0 aliphatic carbocycles. The maximum Gasteiger partial charge on any atom is -0.0286 e. The van der Waals surface area contributed by atoms with Crippen LogP contribution in [0.4, 0.5) is 0 Å². The second-order valence-corrected chi connectivity index (χ2v) is 2.92. The molecule has 0 N–H and O–H groups in total. The molecule has 0 aromatic heterocycles. The molecular formula is C10H18. The molecule has 0 saturated heterocycles. The van der Waals surface area contributed by atoms with Crippen LogP contribution in [0.25, 0.3) is 0 Å². The van der Waals surface area contributed by atoms with E-state index in [2.05, 4.69) is 33.4 Å².